The first-order valence-corrected chi connectivity index (χ1v) is 18.7. The van der Waals surface area contributed by atoms with E-state index in [9.17, 15) is 24.5 Å². The number of hydrogen-bond acceptors (Lipinski definition) is 7. The highest BCUT2D eigenvalue weighted by Gasteiger charge is 2.27. The van der Waals surface area contributed by atoms with Crippen LogP contribution in [0.25, 0.3) is 0 Å². The van der Waals surface area contributed by atoms with Crippen LogP contribution in [0.15, 0.2) is 36.5 Å². The van der Waals surface area contributed by atoms with Crippen LogP contribution in [0.3, 0.4) is 0 Å². The number of amides is 1. The smallest absolute Gasteiger partial charge is 0.393 e. The molecule has 0 saturated carbocycles. The summed E-state index contributed by atoms with van der Waals surface area (Å²) < 4.78 is 21.9. The molecule has 0 heterocycles. The molecule has 0 aliphatic carbocycles. The molecule has 4 unspecified atom stereocenters. The van der Waals surface area contributed by atoms with Gasteiger partial charge in [0, 0.05) is 6.54 Å². The fraction of sp³-hybridized carbons (Fsp3) is 0.794. The van der Waals surface area contributed by atoms with Crippen LogP contribution in [0.5, 0.6) is 0 Å². The minimum absolute atomic E-state index is 0.0421. The number of phosphoric acid groups is 1. The van der Waals surface area contributed by atoms with Crippen molar-refractivity contribution in [2.24, 2.45) is 5.73 Å². The molecule has 0 radical (unpaired) electrons. The van der Waals surface area contributed by atoms with Crippen LogP contribution in [-0.4, -0.2) is 59.0 Å². The molecule has 0 rings (SSSR count). The Morgan fingerprint density at radius 1 is 0.795 bits per heavy atom. The third kappa shape index (κ3) is 28.2. The molecule has 0 fully saturated rings. The molecule has 0 aromatic heterocycles. The Labute approximate surface area is 268 Å². The van der Waals surface area contributed by atoms with Gasteiger partial charge in [-0.2, -0.15) is 0 Å². The molecule has 44 heavy (non-hydrogen) atoms. The highest BCUT2D eigenvalue weighted by molar-refractivity contribution is 7.47. The van der Waals surface area contributed by atoms with Gasteiger partial charge in [-0.3, -0.25) is 13.8 Å². The third-order valence-corrected chi connectivity index (χ3v) is 8.25. The van der Waals surface area contributed by atoms with Crippen LogP contribution in [0.4, 0.5) is 0 Å². The Kier molecular flexibility index (Phi) is 29.4. The Hall–Kier alpha value is -1.32. The highest BCUT2D eigenvalue weighted by atomic mass is 31.2. The molecule has 0 aromatic rings. The van der Waals surface area contributed by atoms with Gasteiger partial charge in [0.15, 0.2) is 0 Å². The second-order valence-corrected chi connectivity index (χ2v) is 13.0. The number of aliphatic hydroxyl groups is 2. The predicted molar refractivity (Wildman–Crippen MR) is 181 cm³/mol. The van der Waals surface area contributed by atoms with Gasteiger partial charge in [-0.15, -0.1) is 0 Å². The standard InChI is InChI=1S/C34H65N2O7P/c1-3-5-7-9-11-13-15-16-17-19-21-23-25-31(37)29-34(39)36-32(30-43-44(40,41)42-28-27-35)33(38)26-24-22-20-18-14-12-10-8-6-4-2/h6,8,14,18,24,26,31-33,37-38H,3-5,7,9-13,15-17,19-23,25,27-30,35H2,1-2H3,(H,36,39)(H,40,41)/b8-6+,18-14+,26-24+. The molecular formula is C34H65N2O7P. The number of rotatable bonds is 31. The van der Waals surface area contributed by atoms with Crippen molar-refractivity contribution < 1.29 is 33.5 Å². The Balaban J connectivity index is 4.53. The summed E-state index contributed by atoms with van der Waals surface area (Å²) >= 11 is 0. The van der Waals surface area contributed by atoms with Gasteiger partial charge in [0.05, 0.1) is 37.9 Å². The summed E-state index contributed by atoms with van der Waals surface area (Å²) in [6, 6.07) is -1.000. The van der Waals surface area contributed by atoms with Crippen LogP contribution in [0.1, 0.15) is 136 Å². The van der Waals surface area contributed by atoms with Gasteiger partial charge in [0.1, 0.15) is 0 Å². The van der Waals surface area contributed by atoms with Crippen molar-refractivity contribution in [1.29, 1.82) is 0 Å². The van der Waals surface area contributed by atoms with Crippen LogP contribution >= 0.6 is 7.82 Å². The van der Waals surface area contributed by atoms with Crippen LogP contribution in [0.2, 0.25) is 0 Å². The molecule has 0 aromatic carbocycles. The van der Waals surface area contributed by atoms with E-state index in [-0.39, 0.29) is 19.6 Å². The number of aliphatic hydroxyl groups excluding tert-OH is 2. The maximum atomic E-state index is 12.7. The van der Waals surface area contributed by atoms with E-state index in [2.05, 4.69) is 43.5 Å². The zero-order valence-corrected chi connectivity index (χ0v) is 28.6. The molecule has 6 N–H and O–H groups in total. The topological polar surface area (TPSA) is 151 Å². The van der Waals surface area contributed by atoms with Crippen molar-refractivity contribution >= 4 is 13.7 Å². The summed E-state index contributed by atoms with van der Waals surface area (Å²) in [5.41, 5.74) is 5.32. The van der Waals surface area contributed by atoms with Crippen LogP contribution in [0, 0.1) is 0 Å². The normalized spacial score (nSPS) is 15.7. The summed E-state index contributed by atoms with van der Waals surface area (Å²) in [6.07, 6.45) is 29.6. The molecule has 10 heteroatoms. The first-order chi connectivity index (χ1) is 21.3. The van der Waals surface area contributed by atoms with Gasteiger partial charge in [0.2, 0.25) is 5.91 Å². The lowest BCUT2D eigenvalue weighted by molar-refractivity contribution is -0.124. The maximum Gasteiger partial charge on any atom is 0.472 e. The molecule has 0 aliphatic rings. The van der Waals surface area contributed by atoms with Gasteiger partial charge in [-0.05, 0) is 38.5 Å². The van der Waals surface area contributed by atoms with E-state index in [1.807, 2.05) is 0 Å². The van der Waals surface area contributed by atoms with Gasteiger partial charge < -0.3 is 26.2 Å². The predicted octanol–water partition coefficient (Wildman–Crippen LogP) is 7.41. The van der Waals surface area contributed by atoms with E-state index >= 15 is 0 Å². The molecule has 258 valence electrons. The van der Waals surface area contributed by atoms with E-state index in [0.29, 0.717) is 12.8 Å². The van der Waals surface area contributed by atoms with Crippen LogP contribution in [-0.2, 0) is 18.4 Å². The van der Waals surface area contributed by atoms with Gasteiger partial charge in [-0.1, -0.05) is 127 Å². The van der Waals surface area contributed by atoms with Crippen molar-refractivity contribution in [1.82, 2.24) is 5.32 Å². The zero-order valence-electron chi connectivity index (χ0n) is 27.8. The molecule has 0 saturated heterocycles. The average Bonchev–Trinajstić information content (AvgIpc) is 2.99. The minimum Gasteiger partial charge on any atom is -0.393 e. The van der Waals surface area contributed by atoms with Crippen molar-refractivity contribution in [3.05, 3.63) is 36.5 Å². The van der Waals surface area contributed by atoms with E-state index in [1.165, 1.54) is 63.9 Å². The number of carbonyl (C=O) groups is 1. The number of nitrogens with two attached hydrogens (primary N) is 1. The first-order valence-electron chi connectivity index (χ1n) is 17.2. The Morgan fingerprint density at radius 2 is 1.32 bits per heavy atom. The fourth-order valence-electron chi connectivity index (χ4n) is 4.68. The second-order valence-electron chi connectivity index (χ2n) is 11.5. The lowest BCUT2D eigenvalue weighted by atomic mass is 10.0. The molecule has 4 atom stereocenters. The Bertz CT molecular complexity index is 806. The molecule has 1 amide bonds. The molecule has 0 bridgehead atoms. The van der Waals surface area contributed by atoms with Gasteiger partial charge in [-0.25, -0.2) is 4.57 Å². The summed E-state index contributed by atoms with van der Waals surface area (Å²) in [5, 5.41) is 23.8. The summed E-state index contributed by atoms with van der Waals surface area (Å²) in [4.78, 5) is 22.5. The van der Waals surface area contributed by atoms with Crippen molar-refractivity contribution in [2.45, 2.75) is 154 Å². The molecule has 0 aliphatic heterocycles. The summed E-state index contributed by atoms with van der Waals surface area (Å²) in [5.74, 6) is -0.465. The zero-order chi connectivity index (χ0) is 32.7. The SMILES string of the molecule is CC/C=C/CC/C=C/CC/C=C/C(O)C(COP(=O)(O)OCCN)NC(=O)CC(O)CCCCCCCCCCCCCC. The van der Waals surface area contributed by atoms with E-state index in [1.54, 1.807) is 6.08 Å². The molecule has 0 spiro atoms. The number of nitrogens with one attached hydrogen (secondary N) is 1. The fourth-order valence-corrected chi connectivity index (χ4v) is 5.44. The highest BCUT2D eigenvalue weighted by Crippen LogP contribution is 2.43. The van der Waals surface area contributed by atoms with Crippen LogP contribution < -0.4 is 11.1 Å². The Morgan fingerprint density at radius 3 is 1.86 bits per heavy atom. The van der Waals surface area contributed by atoms with Crippen molar-refractivity contribution in [3.63, 3.8) is 0 Å². The van der Waals surface area contributed by atoms with E-state index < -0.39 is 38.6 Å². The third-order valence-electron chi connectivity index (χ3n) is 7.26. The van der Waals surface area contributed by atoms with Gasteiger partial charge in [0.25, 0.3) is 0 Å². The van der Waals surface area contributed by atoms with Gasteiger partial charge >= 0.3 is 7.82 Å². The largest absolute Gasteiger partial charge is 0.472 e. The number of unbranched alkanes of at least 4 members (excludes halogenated alkanes) is 13. The maximum absolute atomic E-state index is 12.7. The quantitative estimate of drug-likeness (QED) is 0.0297. The monoisotopic (exact) mass is 644 g/mol. The first kappa shape index (κ1) is 42.7. The number of phosphoric ester groups is 1. The lowest BCUT2D eigenvalue weighted by Crippen LogP contribution is -2.46. The van der Waals surface area contributed by atoms with E-state index in [4.69, 9.17) is 14.8 Å². The molecular weight excluding hydrogens is 579 g/mol. The number of hydrogen-bond donors (Lipinski definition) is 5. The number of allylic oxidation sites excluding steroid dienone is 5. The van der Waals surface area contributed by atoms with Crippen molar-refractivity contribution in [3.8, 4) is 0 Å². The minimum atomic E-state index is -4.40. The van der Waals surface area contributed by atoms with Crippen molar-refractivity contribution in [2.75, 3.05) is 19.8 Å². The van der Waals surface area contributed by atoms with E-state index in [0.717, 1.165) is 44.9 Å². The lowest BCUT2D eigenvalue weighted by Gasteiger charge is -2.24. The summed E-state index contributed by atoms with van der Waals surface area (Å²) in [7, 11) is -4.40. The molecule has 9 nitrogen and oxygen atoms in total. The average molecular weight is 645 g/mol. The number of carbonyl (C=O) groups excluding carboxylic acids is 1. The second kappa shape index (κ2) is 30.3. The summed E-state index contributed by atoms with van der Waals surface area (Å²) in [6.45, 7) is 3.78.